The number of primary amides is 1. The highest BCUT2D eigenvalue weighted by Crippen LogP contribution is 2.06. The van der Waals surface area contributed by atoms with Crippen LogP contribution in [-0.2, 0) is 28.8 Å². The van der Waals surface area contributed by atoms with Crippen molar-refractivity contribution in [3.8, 4) is 0 Å². The second-order valence-corrected chi connectivity index (χ2v) is 6.56. The maximum Gasteiger partial charge on any atom is 0.326 e. The zero-order valence-corrected chi connectivity index (χ0v) is 16.1. The number of carboxylic acids is 2. The third-order valence-corrected chi connectivity index (χ3v) is 3.75. The number of nitrogens with two attached hydrogens (primary N) is 2. The van der Waals surface area contributed by atoms with Gasteiger partial charge in [0.05, 0.1) is 13.0 Å². The molecule has 0 aromatic heterocycles. The molecule has 13 nitrogen and oxygen atoms in total. The number of hydrogen-bond donors (Lipinski definition) is 7. The van der Waals surface area contributed by atoms with Crippen LogP contribution in [0.25, 0.3) is 0 Å². The minimum Gasteiger partial charge on any atom is -0.481 e. The van der Waals surface area contributed by atoms with E-state index < -0.39 is 79.0 Å². The van der Waals surface area contributed by atoms with Crippen LogP contribution in [0.3, 0.4) is 0 Å². The Kier molecular flexibility index (Phi) is 10.9. The normalized spacial score (nSPS) is 13.7. The number of aliphatic carboxylic acids is 2. The molecule has 0 spiro atoms. The molecule has 164 valence electrons. The molecule has 3 unspecified atom stereocenters. The fraction of sp³-hybridized carbons (Fsp3) is 0.625. The Bertz CT molecular complexity index is 651. The number of carboxylic acid groups (broad SMARTS) is 2. The van der Waals surface area contributed by atoms with E-state index in [1.54, 1.807) is 13.8 Å². The van der Waals surface area contributed by atoms with Crippen LogP contribution in [0.5, 0.6) is 0 Å². The van der Waals surface area contributed by atoms with E-state index in [0.29, 0.717) is 0 Å². The monoisotopic (exact) mass is 417 g/mol. The van der Waals surface area contributed by atoms with E-state index in [0.717, 1.165) is 0 Å². The van der Waals surface area contributed by atoms with E-state index in [1.807, 2.05) is 0 Å². The average molecular weight is 417 g/mol. The molecule has 0 rings (SSSR count). The van der Waals surface area contributed by atoms with E-state index >= 15 is 0 Å². The number of amides is 4. The predicted molar refractivity (Wildman–Crippen MR) is 98.0 cm³/mol. The lowest BCUT2D eigenvalue weighted by Crippen LogP contribution is -2.58. The third kappa shape index (κ3) is 10.0. The SMILES string of the molecule is CC(C)C(NC(=O)C(CCC(=O)O)NC(=O)CN)C(=O)NC(CC(N)=O)C(=O)O. The van der Waals surface area contributed by atoms with Gasteiger partial charge in [-0.25, -0.2) is 4.79 Å². The van der Waals surface area contributed by atoms with Gasteiger partial charge in [-0.1, -0.05) is 13.8 Å². The summed E-state index contributed by atoms with van der Waals surface area (Å²) in [6.45, 7) is 2.70. The van der Waals surface area contributed by atoms with Crippen LogP contribution in [-0.4, -0.2) is 70.5 Å². The number of rotatable bonds is 13. The Morgan fingerprint density at radius 3 is 1.90 bits per heavy atom. The summed E-state index contributed by atoms with van der Waals surface area (Å²) in [5.41, 5.74) is 10.1. The van der Waals surface area contributed by atoms with Gasteiger partial charge in [0.15, 0.2) is 0 Å². The standard InChI is InChI=1S/C16H27N5O8/c1-7(2)13(15(27)20-9(16(28)29)5-10(18)22)21-14(26)8(3-4-12(24)25)19-11(23)6-17/h7-9,13H,3-6,17H2,1-2H3,(H2,18,22)(H,19,23)(H,20,27)(H,21,26)(H,24,25)(H,28,29). The lowest BCUT2D eigenvalue weighted by atomic mass is 10.0. The van der Waals surface area contributed by atoms with Gasteiger partial charge >= 0.3 is 11.9 Å². The van der Waals surface area contributed by atoms with Crippen molar-refractivity contribution in [1.29, 1.82) is 0 Å². The Hall–Kier alpha value is -3.22. The summed E-state index contributed by atoms with van der Waals surface area (Å²) in [4.78, 5) is 69.3. The molecule has 3 atom stereocenters. The molecule has 29 heavy (non-hydrogen) atoms. The fourth-order valence-corrected chi connectivity index (χ4v) is 2.24. The zero-order valence-electron chi connectivity index (χ0n) is 16.1. The summed E-state index contributed by atoms with van der Waals surface area (Å²) in [6, 6.07) is -4.07. The first-order valence-corrected chi connectivity index (χ1v) is 8.72. The maximum atomic E-state index is 12.5. The van der Waals surface area contributed by atoms with Gasteiger partial charge in [-0.2, -0.15) is 0 Å². The smallest absolute Gasteiger partial charge is 0.326 e. The molecular weight excluding hydrogens is 390 g/mol. The molecule has 0 aromatic carbocycles. The first kappa shape index (κ1) is 25.8. The van der Waals surface area contributed by atoms with Crippen LogP contribution < -0.4 is 27.4 Å². The van der Waals surface area contributed by atoms with Crippen molar-refractivity contribution < 1.29 is 39.0 Å². The Morgan fingerprint density at radius 2 is 1.48 bits per heavy atom. The molecule has 13 heteroatoms. The molecular formula is C16H27N5O8. The molecule has 0 fully saturated rings. The first-order valence-electron chi connectivity index (χ1n) is 8.72. The second-order valence-electron chi connectivity index (χ2n) is 6.56. The van der Waals surface area contributed by atoms with Crippen molar-refractivity contribution in [1.82, 2.24) is 16.0 Å². The van der Waals surface area contributed by atoms with Crippen molar-refractivity contribution in [3.63, 3.8) is 0 Å². The lowest BCUT2D eigenvalue weighted by molar-refractivity contribution is -0.144. The summed E-state index contributed by atoms with van der Waals surface area (Å²) in [5.74, 6) is -6.56. The Balaban J connectivity index is 5.33. The molecule has 0 aromatic rings. The predicted octanol–water partition coefficient (Wildman–Crippen LogP) is -3.12. The minimum atomic E-state index is -1.59. The van der Waals surface area contributed by atoms with E-state index in [9.17, 15) is 28.8 Å². The molecule has 0 bridgehead atoms. The van der Waals surface area contributed by atoms with Gasteiger partial charge < -0.3 is 37.6 Å². The van der Waals surface area contributed by atoms with Crippen molar-refractivity contribution >= 4 is 35.6 Å². The van der Waals surface area contributed by atoms with Crippen LogP contribution in [0.4, 0.5) is 0 Å². The molecule has 4 amide bonds. The van der Waals surface area contributed by atoms with Crippen LogP contribution >= 0.6 is 0 Å². The van der Waals surface area contributed by atoms with E-state index in [-0.39, 0.29) is 6.42 Å². The van der Waals surface area contributed by atoms with Gasteiger partial charge in [0.1, 0.15) is 18.1 Å². The second kappa shape index (κ2) is 12.3. The van der Waals surface area contributed by atoms with Gasteiger partial charge in [0.25, 0.3) is 0 Å². The number of hydrogen-bond acceptors (Lipinski definition) is 7. The largest absolute Gasteiger partial charge is 0.481 e. The number of nitrogens with one attached hydrogen (secondary N) is 3. The molecule has 0 saturated carbocycles. The van der Waals surface area contributed by atoms with Gasteiger partial charge in [-0.3, -0.25) is 24.0 Å². The lowest BCUT2D eigenvalue weighted by Gasteiger charge is -2.26. The summed E-state index contributed by atoms with van der Waals surface area (Å²) in [6.07, 6.45) is -1.33. The first-order chi connectivity index (χ1) is 13.4. The van der Waals surface area contributed by atoms with Crippen molar-refractivity contribution in [2.75, 3.05) is 6.54 Å². The van der Waals surface area contributed by atoms with Gasteiger partial charge in [-0.05, 0) is 12.3 Å². The maximum absolute atomic E-state index is 12.5. The topological polar surface area (TPSA) is 231 Å². The van der Waals surface area contributed by atoms with Crippen LogP contribution in [0.1, 0.15) is 33.1 Å². The van der Waals surface area contributed by atoms with E-state index in [4.69, 9.17) is 21.7 Å². The average Bonchev–Trinajstić information content (AvgIpc) is 2.60. The van der Waals surface area contributed by atoms with Crippen molar-refractivity contribution in [2.45, 2.75) is 51.2 Å². The fourth-order valence-electron chi connectivity index (χ4n) is 2.24. The molecule has 0 aliphatic heterocycles. The molecule has 0 saturated heterocycles. The third-order valence-electron chi connectivity index (χ3n) is 3.75. The van der Waals surface area contributed by atoms with E-state index in [1.165, 1.54) is 0 Å². The quantitative estimate of drug-likeness (QED) is 0.160. The molecule has 0 aliphatic carbocycles. The van der Waals surface area contributed by atoms with Gasteiger partial charge in [0, 0.05) is 6.42 Å². The number of carbonyl (C=O) groups is 6. The molecule has 9 N–H and O–H groups in total. The zero-order chi connectivity index (χ0) is 22.7. The summed E-state index contributed by atoms with van der Waals surface area (Å²) >= 11 is 0. The van der Waals surface area contributed by atoms with Crippen LogP contribution in [0.2, 0.25) is 0 Å². The minimum absolute atomic E-state index is 0.251. The highest BCUT2D eigenvalue weighted by Gasteiger charge is 2.31. The summed E-state index contributed by atoms with van der Waals surface area (Å²) < 4.78 is 0. The molecule has 0 radical (unpaired) electrons. The van der Waals surface area contributed by atoms with Gasteiger partial charge in [0.2, 0.25) is 23.6 Å². The Labute approximate surface area is 166 Å². The van der Waals surface area contributed by atoms with Crippen LogP contribution in [0, 0.1) is 5.92 Å². The van der Waals surface area contributed by atoms with E-state index in [2.05, 4.69) is 16.0 Å². The van der Waals surface area contributed by atoms with Crippen molar-refractivity contribution in [3.05, 3.63) is 0 Å². The highest BCUT2D eigenvalue weighted by molar-refractivity contribution is 5.94. The van der Waals surface area contributed by atoms with Crippen LogP contribution in [0.15, 0.2) is 0 Å². The molecule has 0 aliphatic rings. The molecule has 0 heterocycles. The Morgan fingerprint density at radius 1 is 0.897 bits per heavy atom. The van der Waals surface area contributed by atoms with Gasteiger partial charge in [-0.15, -0.1) is 0 Å². The summed E-state index contributed by atoms with van der Waals surface area (Å²) in [5, 5.41) is 24.6. The van der Waals surface area contributed by atoms with Crippen molar-refractivity contribution in [2.24, 2.45) is 17.4 Å². The number of carbonyl (C=O) groups excluding carboxylic acids is 4. The highest BCUT2D eigenvalue weighted by atomic mass is 16.4. The summed E-state index contributed by atoms with van der Waals surface area (Å²) in [7, 11) is 0.